The molecule has 6 heteroatoms. The van der Waals surface area contributed by atoms with E-state index in [9.17, 15) is 9.59 Å². The van der Waals surface area contributed by atoms with Gasteiger partial charge >= 0.3 is 5.97 Å². The average Bonchev–Trinajstić information content (AvgIpc) is 2.95. The second-order valence-corrected chi connectivity index (χ2v) is 5.14. The molecule has 2 saturated heterocycles. The van der Waals surface area contributed by atoms with E-state index in [1.54, 1.807) is 11.9 Å². The van der Waals surface area contributed by atoms with Crippen LogP contribution >= 0.6 is 0 Å². The van der Waals surface area contributed by atoms with Crippen molar-refractivity contribution in [3.05, 3.63) is 0 Å². The molecule has 0 aromatic carbocycles. The number of carboxylic acid groups (broad SMARTS) is 1. The molecule has 4 atom stereocenters. The van der Waals surface area contributed by atoms with E-state index in [1.165, 1.54) is 0 Å². The average molecular weight is 256 g/mol. The summed E-state index contributed by atoms with van der Waals surface area (Å²) < 4.78 is 5.20. The fourth-order valence-corrected chi connectivity index (χ4v) is 2.78. The molecular weight excluding hydrogens is 236 g/mol. The molecule has 0 saturated carbocycles. The van der Waals surface area contributed by atoms with E-state index in [1.807, 2.05) is 6.92 Å². The van der Waals surface area contributed by atoms with Gasteiger partial charge in [-0.05, 0) is 19.9 Å². The first-order chi connectivity index (χ1) is 8.52. The van der Waals surface area contributed by atoms with Crippen molar-refractivity contribution in [1.29, 1.82) is 0 Å². The lowest BCUT2D eigenvalue weighted by Crippen LogP contribution is -2.48. The van der Waals surface area contributed by atoms with Gasteiger partial charge in [-0.3, -0.25) is 9.59 Å². The fraction of sp³-hybridized carbons (Fsp3) is 0.833. The topological polar surface area (TPSA) is 78.9 Å². The van der Waals surface area contributed by atoms with Crippen LogP contribution in [0.2, 0.25) is 0 Å². The largest absolute Gasteiger partial charge is 0.481 e. The zero-order valence-corrected chi connectivity index (χ0v) is 10.8. The molecule has 0 bridgehead atoms. The Morgan fingerprint density at radius 1 is 1.33 bits per heavy atom. The van der Waals surface area contributed by atoms with E-state index < -0.39 is 11.9 Å². The van der Waals surface area contributed by atoms with Crippen molar-refractivity contribution in [2.24, 2.45) is 11.8 Å². The van der Waals surface area contributed by atoms with Crippen LogP contribution in [0.5, 0.6) is 0 Å². The third kappa shape index (κ3) is 2.35. The summed E-state index contributed by atoms with van der Waals surface area (Å²) in [4.78, 5) is 25.0. The molecule has 0 radical (unpaired) electrons. The maximum atomic E-state index is 12.3. The molecule has 2 fully saturated rings. The number of nitrogens with zero attached hydrogens (tertiary/aromatic N) is 1. The Morgan fingerprint density at radius 3 is 2.61 bits per heavy atom. The molecule has 2 heterocycles. The molecule has 0 aromatic heterocycles. The van der Waals surface area contributed by atoms with Crippen LogP contribution in [0, 0.1) is 11.8 Å². The maximum absolute atomic E-state index is 12.3. The number of nitrogens with one attached hydrogen (secondary N) is 1. The van der Waals surface area contributed by atoms with Gasteiger partial charge in [-0.1, -0.05) is 0 Å². The van der Waals surface area contributed by atoms with E-state index in [0.29, 0.717) is 6.61 Å². The Balaban J connectivity index is 2.04. The van der Waals surface area contributed by atoms with Gasteiger partial charge in [-0.2, -0.15) is 0 Å². The number of aliphatic carboxylic acids is 1. The minimum Gasteiger partial charge on any atom is -0.481 e. The third-order valence-electron chi connectivity index (χ3n) is 4.06. The van der Waals surface area contributed by atoms with Gasteiger partial charge in [0.2, 0.25) is 5.91 Å². The predicted molar refractivity (Wildman–Crippen MR) is 64.1 cm³/mol. The molecule has 0 spiro atoms. The van der Waals surface area contributed by atoms with Crippen LogP contribution in [0.15, 0.2) is 0 Å². The second-order valence-electron chi connectivity index (χ2n) is 5.14. The lowest BCUT2D eigenvalue weighted by molar-refractivity contribution is -0.145. The van der Waals surface area contributed by atoms with Gasteiger partial charge < -0.3 is 20.1 Å². The lowest BCUT2D eigenvalue weighted by Gasteiger charge is -2.29. The number of hydrogen-bond acceptors (Lipinski definition) is 4. The fourth-order valence-electron chi connectivity index (χ4n) is 2.78. The number of carbonyl (C=O) groups excluding carboxylic acids is 1. The molecule has 2 N–H and O–H groups in total. The predicted octanol–water partition coefficient (Wildman–Crippen LogP) is -0.458. The van der Waals surface area contributed by atoms with Crippen molar-refractivity contribution in [3.8, 4) is 0 Å². The van der Waals surface area contributed by atoms with E-state index >= 15 is 0 Å². The molecule has 0 aliphatic carbocycles. The van der Waals surface area contributed by atoms with Crippen molar-refractivity contribution in [1.82, 2.24) is 10.2 Å². The number of hydrogen-bond donors (Lipinski definition) is 2. The van der Waals surface area contributed by atoms with Crippen LogP contribution in [0.1, 0.15) is 13.3 Å². The van der Waals surface area contributed by atoms with E-state index in [2.05, 4.69) is 5.32 Å². The van der Waals surface area contributed by atoms with Crippen LogP contribution in [-0.4, -0.2) is 60.8 Å². The molecular formula is C12H20N2O4. The van der Waals surface area contributed by atoms with Crippen LogP contribution in [0.4, 0.5) is 0 Å². The molecule has 2 aliphatic heterocycles. The van der Waals surface area contributed by atoms with Crippen LogP contribution in [0.25, 0.3) is 0 Å². The summed E-state index contributed by atoms with van der Waals surface area (Å²) >= 11 is 0. The van der Waals surface area contributed by atoms with Crippen LogP contribution in [0.3, 0.4) is 0 Å². The summed E-state index contributed by atoms with van der Waals surface area (Å²) in [6.07, 6.45) is 0.815. The number of carbonyl (C=O) groups is 2. The van der Waals surface area contributed by atoms with Gasteiger partial charge in [0.05, 0.1) is 25.2 Å². The highest BCUT2D eigenvalue weighted by Crippen LogP contribution is 2.24. The molecule has 0 aromatic rings. The lowest BCUT2D eigenvalue weighted by atomic mass is 9.97. The van der Waals surface area contributed by atoms with Crippen molar-refractivity contribution in [2.75, 3.05) is 26.8 Å². The minimum absolute atomic E-state index is 0.0225. The summed E-state index contributed by atoms with van der Waals surface area (Å²) in [7, 11) is 1.68. The van der Waals surface area contributed by atoms with Crippen LogP contribution < -0.4 is 5.32 Å². The highest BCUT2D eigenvalue weighted by atomic mass is 16.5. The molecule has 102 valence electrons. The zero-order valence-electron chi connectivity index (χ0n) is 10.8. The van der Waals surface area contributed by atoms with Gasteiger partial charge in [-0.25, -0.2) is 0 Å². The molecule has 6 nitrogen and oxygen atoms in total. The van der Waals surface area contributed by atoms with Crippen LogP contribution in [-0.2, 0) is 14.3 Å². The Morgan fingerprint density at radius 2 is 2.06 bits per heavy atom. The molecule has 1 amide bonds. The molecule has 18 heavy (non-hydrogen) atoms. The second kappa shape index (κ2) is 5.24. The van der Waals surface area contributed by atoms with Crippen molar-refractivity contribution in [3.63, 3.8) is 0 Å². The van der Waals surface area contributed by atoms with Gasteiger partial charge in [0, 0.05) is 13.1 Å². The number of likely N-dealkylation sites (N-methyl/N-ethyl adjacent to an activating group) is 1. The SMILES string of the molecule is CC1NCCC1C(=O)N(C)C1COCC1C(=O)O. The third-order valence-corrected chi connectivity index (χ3v) is 4.06. The summed E-state index contributed by atoms with van der Waals surface area (Å²) in [5.74, 6) is -1.53. The first-order valence-electron chi connectivity index (χ1n) is 6.33. The van der Waals surface area contributed by atoms with Gasteiger partial charge in [0.25, 0.3) is 0 Å². The molecule has 2 rings (SSSR count). The summed E-state index contributed by atoms with van der Waals surface area (Å²) in [5, 5.41) is 12.3. The monoisotopic (exact) mass is 256 g/mol. The van der Waals surface area contributed by atoms with E-state index in [-0.39, 0.29) is 30.5 Å². The number of amides is 1. The number of rotatable bonds is 3. The Labute approximate surface area is 106 Å². The first-order valence-corrected chi connectivity index (χ1v) is 6.33. The van der Waals surface area contributed by atoms with Gasteiger partial charge in [0.1, 0.15) is 5.92 Å². The van der Waals surface area contributed by atoms with Crippen molar-refractivity contribution in [2.45, 2.75) is 25.4 Å². The Kier molecular flexibility index (Phi) is 3.87. The normalized spacial score (nSPS) is 35.7. The quantitative estimate of drug-likeness (QED) is 0.714. The highest BCUT2D eigenvalue weighted by molar-refractivity contribution is 5.81. The summed E-state index contributed by atoms with van der Waals surface area (Å²) in [6, 6.07) is -0.187. The number of ether oxygens (including phenoxy) is 1. The molecule has 4 unspecified atom stereocenters. The minimum atomic E-state index is -0.894. The van der Waals surface area contributed by atoms with Crippen molar-refractivity contribution >= 4 is 11.9 Å². The molecule has 2 aliphatic rings. The van der Waals surface area contributed by atoms with Crippen molar-refractivity contribution < 1.29 is 19.4 Å². The van der Waals surface area contributed by atoms with E-state index in [4.69, 9.17) is 9.84 Å². The number of carboxylic acids is 1. The van der Waals surface area contributed by atoms with Gasteiger partial charge in [0.15, 0.2) is 0 Å². The summed E-state index contributed by atoms with van der Waals surface area (Å²) in [6.45, 7) is 3.34. The van der Waals surface area contributed by atoms with E-state index in [0.717, 1.165) is 13.0 Å². The highest BCUT2D eigenvalue weighted by Gasteiger charge is 2.41. The Bertz CT molecular complexity index is 347. The first kappa shape index (κ1) is 13.3. The zero-order chi connectivity index (χ0) is 13.3. The standard InChI is InChI=1S/C12H20N2O4/c1-7-8(3-4-13-7)11(15)14(2)10-6-18-5-9(10)12(16)17/h7-10,13H,3-6H2,1-2H3,(H,16,17). The van der Waals surface area contributed by atoms with Gasteiger partial charge in [-0.15, -0.1) is 0 Å². The maximum Gasteiger partial charge on any atom is 0.311 e. The summed E-state index contributed by atoms with van der Waals surface area (Å²) in [5.41, 5.74) is 0. The Hall–Kier alpha value is -1.14. The smallest absolute Gasteiger partial charge is 0.311 e.